The largest absolute Gasteiger partial charge is 0.354 e. The molecular weight excluding hydrogens is 292 g/mol. The zero-order chi connectivity index (χ0) is 15.8. The molecule has 1 aromatic heterocycles. The van der Waals surface area contributed by atoms with Gasteiger partial charge < -0.3 is 10.3 Å². The van der Waals surface area contributed by atoms with Crippen molar-refractivity contribution in [1.82, 2.24) is 10.3 Å². The fraction of sp³-hybridized carbons (Fsp3) is 0.571. The predicted molar refractivity (Wildman–Crippen MR) is 79.4 cm³/mol. The highest BCUT2D eigenvalue weighted by atomic mass is 32.2. The minimum absolute atomic E-state index is 0.0254. The molecule has 1 aliphatic rings. The SMILES string of the molecule is CC(=O)c1c(C)[nH]c(C(=O)NCC2CCS(=O)(=O)C2)c1C. The highest BCUT2D eigenvalue weighted by Crippen LogP contribution is 2.20. The molecule has 1 aromatic rings. The summed E-state index contributed by atoms with van der Waals surface area (Å²) in [5.74, 6) is -0.0747. The Morgan fingerprint density at radius 1 is 1.33 bits per heavy atom. The Kier molecular flexibility index (Phi) is 4.22. The van der Waals surface area contributed by atoms with Crippen molar-refractivity contribution in [3.05, 3.63) is 22.5 Å². The Bertz CT molecular complexity index is 688. The van der Waals surface area contributed by atoms with Gasteiger partial charge in [0.2, 0.25) is 0 Å². The number of aryl methyl sites for hydroxylation is 1. The summed E-state index contributed by atoms with van der Waals surface area (Å²) in [6, 6.07) is 0. The molecule has 1 aliphatic heterocycles. The van der Waals surface area contributed by atoms with Crippen LogP contribution >= 0.6 is 0 Å². The van der Waals surface area contributed by atoms with Crippen LogP contribution < -0.4 is 5.32 Å². The molecule has 21 heavy (non-hydrogen) atoms. The maximum atomic E-state index is 12.2. The van der Waals surface area contributed by atoms with E-state index in [0.717, 1.165) is 0 Å². The molecule has 1 amide bonds. The van der Waals surface area contributed by atoms with Gasteiger partial charge in [-0.1, -0.05) is 0 Å². The van der Waals surface area contributed by atoms with Gasteiger partial charge >= 0.3 is 0 Å². The van der Waals surface area contributed by atoms with Crippen LogP contribution in [0.5, 0.6) is 0 Å². The van der Waals surface area contributed by atoms with E-state index in [1.54, 1.807) is 13.8 Å². The lowest BCUT2D eigenvalue weighted by Gasteiger charge is -2.09. The van der Waals surface area contributed by atoms with Gasteiger partial charge in [0.1, 0.15) is 5.69 Å². The number of rotatable bonds is 4. The predicted octanol–water partition coefficient (Wildman–Crippen LogP) is 0.999. The molecule has 2 N–H and O–H groups in total. The van der Waals surface area contributed by atoms with Gasteiger partial charge in [0.25, 0.3) is 5.91 Å². The van der Waals surface area contributed by atoms with E-state index < -0.39 is 9.84 Å². The number of hydrogen-bond donors (Lipinski definition) is 2. The summed E-state index contributed by atoms with van der Waals surface area (Å²) < 4.78 is 22.8. The number of H-pyrrole nitrogens is 1. The first-order valence-corrected chi connectivity index (χ1v) is 8.72. The minimum atomic E-state index is -2.93. The summed E-state index contributed by atoms with van der Waals surface area (Å²) >= 11 is 0. The second-order valence-electron chi connectivity index (χ2n) is 5.66. The summed E-state index contributed by atoms with van der Waals surface area (Å²) in [4.78, 5) is 26.6. The van der Waals surface area contributed by atoms with Crippen molar-refractivity contribution < 1.29 is 18.0 Å². The van der Waals surface area contributed by atoms with Gasteiger partial charge in [-0.3, -0.25) is 9.59 Å². The van der Waals surface area contributed by atoms with Crippen molar-refractivity contribution in [3.63, 3.8) is 0 Å². The normalized spacial score (nSPS) is 20.4. The van der Waals surface area contributed by atoms with Gasteiger partial charge in [-0.2, -0.15) is 0 Å². The molecule has 1 saturated heterocycles. The van der Waals surface area contributed by atoms with Crippen LogP contribution in [0.15, 0.2) is 0 Å². The zero-order valence-corrected chi connectivity index (χ0v) is 13.3. The van der Waals surface area contributed by atoms with E-state index in [-0.39, 0.29) is 29.1 Å². The Hall–Kier alpha value is -1.63. The quantitative estimate of drug-likeness (QED) is 0.811. The van der Waals surface area contributed by atoms with E-state index in [2.05, 4.69) is 10.3 Å². The van der Waals surface area contributed by atoms with Gasteiger partial charge in [-0.15, -0.1) is 0 Å². The maximum absolute atomic E-state index is 12.2. The van der Waals surface area contributed by atoms with Crippen LogP contribution in [0.1, 0.15) is 45.4 Å². The Morgan fingerprint density at radius 3 is 2.48 bits per heavy atom. The molecule has 116 valence electrons. The van der Waals surface area contributed by atoms with Crippen LogP contribution in [0.25, 0.3) is 0 Å². The first-order valence-electron chi connectivity index (χ1n) is 6.90. The first kappa shape index (κ1) is 15.8. The molecule has 7 heteroatoms. The summed E-state index contributed by atoms with van der Waals surface area (Å²) in [6.45, 7) is 5.29. The Balaban J connectivity index is 2.05. The maximum Gasteiger partial charge on any atom is 0.268 e. The second kappa shape index (κ2) is 5.63. The topological polar surface area (TPSA) is 96.1 Å². The number of hydrogen-bond acceptors (Lipinski definition) is 4. The summed E-state index contributed by atoms with van der Waals surface area (Å²) in [5.41, 5.74) is 2.23. The number of sulfone groups is 1. The van der Waals surface area contributed by atoms with E-state index in [4.69, 9.17) is 0 Å². The average molecular weight is 312 g/mol. The highest BCUT2D eigenvalue weighted by molar-refractivity contribution is 7.91. The molecule has 2 heterocycles. The van der Waals surface area contributed by atoms with Crippen molar-refractivity contribution in [3.8, 4) is 0 Å². The number of nitrogens with one attached hydrogen (secondary N) is 2. The van der Waals surface area contributed by atoms with Gasteiger partial charge in [-0.05, 0) is 38.7 Å². The molecule has 0 spiro atoms. The summed E-state index contributed by atoms with van der Waals surface area (Å²) in [5, 5.41) is 2.75. The molecule has 0 radical (unpaired) electrons. The van der Waals surface area contributed by atoms with Gasteiger partial charge in [0.05, 0.1) is 11.5 Å². The van der Waals surface area contributed by atoms with E-state index in [9.17, 15) is 18.0 Å². The number of amides is 1. The fourth-order valence-corrected chi connectivity index (χ4v) is 4.73. The minimum Gasteiger partial charge on any atom is -0.354 e. The average Bonchev–Trinajstić information content (AvgIpc) is 2.86. The summed E-state index contributed by atoms with van der Waals surface area (Å²) in [6.07, 6.45) is 0.587. The van der Waals surface area contributed by atoms with Crippen LogP contribution in [-0.4, -0.2) is 43.1 Å². The van der Waals surface area contributed by atoms with Crippen LogP contribution in [0.3, 0.4) is 0 Å². The monoisotopic (exact) mass is 312 g/mol. The first-order chi connectivity index (χ1) is 9.71. The third kappa shape index (κ3) is 3.34. The van der Waals surface area contributed by atoms with Crippen molar-refractivity contribution in [1.29, 1.82) is 0 Å². The van der Waals surface area contributed by atoms with E-state index >= 15 is 0 Å². The molecule has 0 aliphatic carbocycles. The number of aromatic amines is 1. The van der Waals surface area contributed by atoms with Crippen LogP contribution in [0.2, 0.25) is 0 Å². The zero-order valence-electron chi connectivity index (χ0n) is 12.4. The van der Waals surface area contributed by atoms with E-state index in [1.165, 1.54) is 6.92 Å². The van der Waals surface area contributed by atoms with Crippen molar-refractivity contribution >= 4 is 21.5 Å². The fourth-order valence-electron chi connectivity index (χ4n) is 2.86. The molecule has 0 saturated carbocycles. The van der Waals surface area contributed by atoms with Crippen molar-refractivity contribution in [2.24, 2.45) is 5.92 Å². The molecule has 1 unspecified atom stereocenters. The molecule has 1 atom stereocenters. The van der Waals surface area contributed by atoms with Crippen molar-refractivity contribution in [2.45, 2.75) is 27.2 Å². The molecule has 0 aromatic carbocycles. The lowest BCUT2D eigenvalue weighted by atomic mass is 10.1. The molecule has 1 fully saturated rings. The van der Waals surface area contributed by atoms with Gasteiger partial charge in [0, 0.05) is 17.8 Å². The van der Waals surface area contributed by atoms with Crippen LogP contribution in [-0.2, 0) is 9.84 Å². The number of carbonyl (C=O) groups is 2. The molecule has 2 rings (SSSR count). The Labute approximate surface area is 124 Å². The smallest absolute Gasteiger partial charge is 0.268 e. The molecule has 6 nitrogen and oxygen atoms in total. The van der Waals surface area contributed by atoms with Crippen LogP contribution in [0, 0.1) is 19.8 Å². The third-order valence-corrected chi connectivity index (χ3v) is 5.73. The van der Waals surface area contributed by atoms with Gasteiger partial charge in [-0.25, -0.2) is 8.42 Å². The van der Waals surface area contributed by atoms with Gasteiger partial charge in [0.15, 0.2) is 15.6 Å². The van der Waals surface area contributed by atoms with Crippen LogP contribution in [0.4, 0.5) is 0 Å². The third-order valence-electron chi connectivity index (χ3n) is 3.89. The standard InChI is InChI=1S/C14H20N2O4S/c1-8-12(10(3)17)9(2)16-13(8)14(18)15-6-11-4-5-21(19,20)7-11/h11,16H,4-7H2,1-3H3,(H,15,18). The number of carbonyl (C=O) groups excluding carboxylic acids is 2. The Morgan fingerprint density at radius 2 is 2.00 bits per heavy atom. The molecule has 0 bridgehead atoms. The lowest BCUT2D eigenvalue weighted by molar-refractivity contribution is 0.0943. The number of Topliss-reactive ketones (excluding diaryl/α,β-unsaturated/α-hetero) is 1. The number of aromatic nitrogens is 1. The summed E-state index contributed by atoms with van der Waals surface area (Å²) in [7, 11) is -2.93. The number of ketones is 1. The second-order valence-corrected chi connectivity index (χ2v) is 7.89. The lowest BCUT2D eigenvalue weighted by Crippen LogP contribution is -2.30. The highest BCUT2D eigenvalue weighted by Gasteiger charge is 2.28. The van der Waals surface area contributed by atoms with E-state index in [1.807, 2.05) is 0 Å². The van der Waals surface area contributed by atoms with Crippen molar-refractivity contribution in [2.75, 3.05) is 18.1 Å². The van der Waals surface area contributed by atoms with E-state index in [0.29, 0.717) is 35.5 Å². The molecular formula is C14H20N2O4S.